The zero-order valence-corrected chi connectivity index (χ0v) is 21.2. The molecule has 0 saturated carbocycles. The molecule has 1 atom stereocenters. The third kappa shape index (κ3) is 6.35. The number of halogens is 1. The Kier molecular flexibility index (Phi) is 8.50. The summed E-state index contributed by atoms with van der Waals surface area (Å²) in [5.41, 5.74) is 2.07. The quantitative estimate of drug-likeness (QED) is 0.414. The highest BCUT2D eigenvalue weighted by molar-refractivity contribution is 9.10. The Balaban J connectivity index is 1.79. The molecule has 3 aromatic carbocycles. The molecule has 33 heavy (non-hydrogen) atoms. The lowest BCUT2D eigenvalue weighted by Crippen LogP contribution is -2.49. The Morgan fingerprint density at radius 1 is 1.00 bits per heavy atom. The first-order chi connectivity index (χ1) is 15.8. The molecule has 3 aromatic rings. The van der Waals surface area contributed by atoms with E-state index < -0.39 is 6.04 Å². The average molecular weight is 511 g/mol. The largest absolute Gasteiger partial charge is 0.483 e. The number of fused-ring (bicyclic) bond motifs is 1. The minimum absolute atomic E-state index is 0.162. The van der Waals surface area contributed by atoms with Crippen molar-refractivity contribution in [3.05, 3.63) is 76.3 Å². The van der Waals surface area contributed by atoms with Crippen molar-refractivity contribution < 1.29 is 14.3 Å². The maximum atomic E-state index is 13.3. The van der Waals surface area contributed by atoms with E-state index in [-0.39, 0.29) is 18.4 Å². The molecule has 1 N–H and O–H groups in total. The summed E-state index contributed by atoms with van der Waals surface area (Å²) >= 11 is 3.60. The number of nitrogens with zero attached hydrogens (tertiary/aromatic N) is 1. The molecule has 0 spiro atoms. The molecule has 0 aliphatic rings. The van der Waals surface area contributed by atoms with E-state index in [0.717, 1.165) is 26.4 Å². The lowest BCUT2D eigenvalue weighted by molar-refractivity contribution is -0.142. The van der Waals surface area contributed by atoms with Crippen LogP contribution in [0.1, 0.15) is 31.9 Å². The van der Waals surface area contributed by atoms with E-state index in [2.05, 4.69) is 21.2 Å². The van der Waals surface area contributed by atoms with Crippen molar-refractivity contribution in [2.75, 3.05) is 13.2 Å². The summed E-state index contributed by atoms with van der Waals surface area (Å²) in [4.78, 5) is 27.7. The zero-order valence-electron chi connectivity index (χ0n) is 19.6. The van der Waals surface area contributed by atoms with Crippen molar-refractivity contribution in [1.29, 1.82) is 0 Å². The van der Waals surface area contributed by atoms with Gasteiger partial charge in [-0.2, -0.15) is 0 Å². The molecule has 6 heteroatoms. The van der Waals surface area contributed by atoms with E-state index in [1.807, 2.05) is 81.4 Å². The fourth-order valence-electron chi connectivity index (χ4n) is 3.55. The van der Waals surface area contributed by atoms with Crippen LogP contribution in [-0.2, 0) is 16.1 Å². The topological polar surface area (TPSA) is 58.6 Å². The molecule has 0 aliphatic heterocycles. The van der Waals surface area contributed by atoms with Crippen LogP contribution in [0.2, 0.25) is 0 Å². The Hall–Kier alpha value is -2.86. The Bertz CT molecular complexity index is 1130. The van der Waals surface area contributed by atoms with Crippen molar-refractivity contribution in [2.24, 2.45) is 5.92 Å². The molecule has 5 nitrogen and oxygen atoms in total. The number of nitrogens with one attached hydrogen (secondary N) is 1. The number of carbonyl (C=O) groups excluding carboxylic acids is 2. The van der Waals surface area contributed by atoms with Crippen molar-refractivity contribution in [1.82, 2.24) is 10.2 Å². The molecule has 0 aliphatic carbocycles. The second kappa shape index (κ2) is 11.3. The Labute approximate surface area is 204 Å². The van der Waals surface area contributed by atoms with Gasteiger partial charge in [0.15, 0.2) is 6.61 Å². The second-order valence-electron chi connectivity index (χ2n) is 8.65. The van der Waals surface area contributed by atoms with Crippen LogP contribution in [-0.4, -0.2) is 35.9 Å². The molecule has 0 unspecified atom stereocenters. The van der Waals surface area contributed by atoms with Gasteiger partial charge in [0.25, 0.3) is 5.91 Å². The lowest BCUT2D eigenvalue weighted by atomic mass is 10.1. The Morgan fingerprint density at radius 3 is 2.42 bits per heavy atom. The third-order valence-electron chi connectivity index (χ3n) is 5.63. The fraction of sp³-hybridized carbons (Fsp3) is 0.333. The van der Waals surface area contributed by atoms with Crippen LogP contribution in [0.15, 0.2) is 65.1 Å². The first kappa shape index (κ1) is 24.8. The molecule has 0 heterocycles. The summed E-state index contributed by atoms with van der Waals surface area (Å²) in [5.74, 6) is 0.507. The first-order valence-corrected chi connectivity index (χ1v) is 12.0. The molecule has 0 aromatic heterocycles. The molecule has 0 saturated heterocycles. The van der Waals surface area contributed by atoms with Crippen molar-refractivity contribution in [2.45, 2.75) is 40.3 Å². The van der Waals surface area contributed by atoms with Gasteiger partial charge in [-0.15, -0.1) is 0 Å². The monoisotopic (exact) mass is 510 g/mol. The van der Waals surface area contributed by atoms with Gasteiger partial charge in [0.1, 0.15) is 11.8 Å². The average Bonchev–Trinajstić information content (AvgIpc) is 2.81. The highest BCUT2D eigenvalue weighted by atomic mass is 79.9. The number of ether oxygens (including phenoxy) is 1. The van der Waals surface area contributed by atoms with Crippen LogP contribution in [0.5, 0.6) is 5.75 Å². The smallest absolute Gasteiger partial charge is 0.261 e. The number of amides is 2. The lowest BCUT2D eigenvalue weighted by Gasteiger charge is -2.29. The van der Waals surface area contributed by atoms with Crippen LogP contribution < -0.4 is 10.1 Å². The van der Waals surface area contributed by atoms with E-state index >= 15 is 0 Å². The van der Waals surface area contributed by atoms with E-state index in [4.69, 9.17) is 4.74 Å². The second-order valence-corrected chi connectivity index (χ2v) is 9.44. The van der Waals surface area contributed by atoms with Crippen LogP contribution in [0.3, 0.4) is 0 Å². The van der Waals surface area contributed by atoms with Gasteiger partial charge in [-0.1, -0.05) is 68.4 Å². The molecule has 3 rings (SSSR count). The summed E-state index contributed by atoms with van der Waals surface area (Å²) in [6.07, 6.45) is 0. The van der Waals surface area contributed by atoms with Gasteiger partial charge in [-0.25, -0.2) is 0 Å². The highest BCUT2D eigenvalue weighted by Gasteiger charge is 2.27. The summed E-state index contributed by atoms with van der Waals surface area (Å²) in [5, 5.41) is 5.04. The summed E-state index contributed by atoms with van der Waals surface area (Å²) in [7, 11) is 0. The van der Waals surface area contributed by atoms with Gasteiger partial charge < -0.3 is 15.0 Å². The minimum Gasteiger partial charge on any atom is -0.483 e. The van der Waals surface area contributed by atoms with Crippen molar-refractivity contribution >= 4 is 38.5 Å². The van der Waals surface area contributed by atoms with E-state index in [1.54, 1.807) is 11.8 Å². The fourth-order valence-corrected chi connectivity index (χ4v) is 4.16. The molecule has 174 valence electrons. The van der Waals surface area contributed by atoms with E-state index in [1.165, 1.54) is 0 Å². The van der Waals surface area contributed by atoms with Gasteiger partial charge >= 0.3 is 0 Å². The molecular formula is C27H31BrN2O3. The first-order valence-electron chi connectivity index (χ1n) is 11.2. The highest BCUT2D eigenvalue weighted by Crippen LogP contribution is 2.33. The number of rotatable bonds is 9. The van der Waals surface area contributed by atoms with Gasteiger partial charge in [0.05, 0.1) is 4.47 Å². The minimum atomic E-state index is -0.625. The molecule has 0 fully saturated rings. The van der Waals surface area contributed by atoms with Crippen LogP contribution in [0.4, 0.5) is 0 Å². The normalized spacial score (nSPS) is 11.9. The SMILES string of the molecule is Cc1ccccc1CN(C(=O)COc1ccc2ccccc2c1Br)[C@@H](C)C(=O)NCC(C)C. The Morgan fingerprint density at radius 2 is 1.70 bits per heavy atom. The number of hydrogen-bond acceptors (Lipinski definition) is 3. The molecule has 0 radical (unpaired) electrons. The van der Waals surface area contributed by atoms with E-state index in [0.29, 0.717) is 24.8 Å². The number of benzene rings is 3. The van der Waals surface area contributed by atoms with Crippen LogP contribution in [0, 0.1) is 12.8 Å². The zero-order chi connectivity index (χ0) is 24.0. The van der Waals surface area contributed by atoms with Gasteiger partial charge in [-0.3, -0.25) is 9.59 Å². The number of aryl methyl sites for hydroxylation is 1. The predicted octanol–water partition coefficient (Wildman–Crippen LogP) is 5.48. The standard InChI is InChI=1S/C27H31BrN2O3/c1-18(2)15-29-27(32)20(4)30(16-22-11-6-5-9-19(22)3)25(31)17-33-24-14-13-21-10-7-8-12-23(21)26(24)28/h5-14,18,20H,15-17H2,1-4H3,(H,29,32)/t20-/m0/s1. The molecular weight excluding hydrogens is 480 g/mol. The molecule has 2 amide bonds. The van der Waals surface area contributed by atoms with E-state index in [9.17, 15) is 9.59 Å². The van der Waals surface area contributed by atoms with Crippen LogP contribution in [0.25, 0.3) is 10.8 Å². The summed E-state index contributed by atoms with van der Waals surface area (Å²) in [6.45, 7) is 8.58. The maximum Gasteiger partial charge on any atom is 0.261 e. The van der Waals surface area contributed by atoms with Crippen molar-refractivity contribution in [3.8, 4) is 5.75 Å². The van der Waals surface area contributed by atoms with Gasteiger partial charge in [-0.05, 0) is 63.7 Å². The van der Waals surface area contributed by atoms with Gasteiger partial charge in [0, 0.05) is 13.1 Å². The third-order valence-corrected chi connectivity index (χ3v) is 6.45. The summed E-state index contributed by atoms with van der Waals surface area (Å²) in [6, 6.07) is 19.0. The predicted molar refractivity (Wildman–Crippen MR) is 136 cm³/mol. The number of carbonyl (C=O) groups is 2. The van der Waals surface area contributed by atoms with Crippen LogP contribution >= 0.6 is 15.9 Å². The molecule has 0 bridgehead atoms. The number of hydrogen-bond donors (Lipinski definition) is 1. The maximum absolute atomic E-state index is 13.3. The van der Waals surface area contributed by atoms with Crippen molar-refractivity contribution in [3.63, 3.8) is 0 Å². The van der Waals surface area contributed by atoms with Gasteiger partial charge in [0.2, 0.25) is 5.91 Å². The summed E-state index contributed by atoms with van der Waals surface area (Å²) < 4.78 is 6.72.